The Kier molecular flexibility index (Phi) is 6.95. The standard InChI is InChI=1S/C23H26N4O3/c1-4-30-23(29)20-12-13-21(25-17(20)3)22(28)24-14-8-9-18-15-27(26-16(18)2)19-10-6-5-7-11-19/h5-7,10-13,15H,4,8-9,14H2,1-3H3,(H,24,28). The summed E-state index contributed by atoms with van der Waals surface area (Å²) in [5, 5.41) is 7.45. The van der Waals surface area contributed by atoms with Gasteiger partial charge in [-0.2, -0.15) is 5.10 Å². The Morgan fingerprint density at radius 1 is 1.07 bits per heavy atom. The molecule has 2 heterocycles. The number of carbonyl (C=O) groups excluding carboxylic acids is 2. The van der Waals surface area contributed by atoms with E-state index < -0.39 is 5.97 Å². The molecular weight excluding hydrogens is 380 g/mol. The van der Waals surface area contributed by atoms with Crippen LogP contribution >= 0.6 is 0 Å². The molecule has 7 nitrogen and oxygen atoms in total. The molecule has 1 aromatic carbocycles. The van der Waals surface area contributed by atoms with Crippen molar-refractivity contribution in [3.63, 3.8) is 0 Å². The molecule has 0 radical (unpaired) electrons. The Morgan fingerprint density at radius 3 is 2.53 bits per heavy atom. The lowest BCUT2D eigenvalue weighted by molar-refractivity contribution is 0.0524. The van der Waals surface area contributed by atoms with Crippen molar-refractivity contribution >= 4 is 11.9 Å². The molecule has 0 fully saturated rings. The summed E-state index contributed by atoms with van der Waals surface area (Å²) in [6, 6.07) is 13.1. The maximum Gasteiger partial charge on any atom is 0.339 e. The highest BCUT2D eigenvalue weighted by atomic mass is 16.5. The number of aromatic nitrogens is 3. The van der Waals surface area contributed by atoms with Gasteiger partial charge in [-0.15, -0.1) is 0 Å². The van der Waals surface area contributed by atoms with E-state index in [1.807, 2.05) is 48.1 Å². The average Bonchev–Trinajstić information content (AvgIpc) is 3.12. The minimum absolute atomic E-state index is 0.259. The molecule has 0 aliphatic heterocycles. The van der Waals surface area contributed by atoms with Crippen molar-refractivity contribution in [1.29, 1.82) is 0 Å². The Labute approximate surface area is 176 Å². The smallest absolute Gasteiger partial charge is 0.339 e. The molecule has 0 saturated carbocycles. The molecule has 0 saturated heterocycles. The number of aryl methyl sites for hydroxylation is 3. The number of benzene rings is 1. The van der Waals surface area contributed by atoms with E-state index in [-0.39, 0.29) is 11.6 Å². The van der Waals surface area contributed by atoms with Crippen molar-refractivity contribution in [2.45, 2.75) is 33.6 Å². The third-order valence-corrected chi connectivity index (χ3v) is 4.74. The van der Waals surface area contributed by atoms with Gasteiger partial charge in [0.25, 0.3) is 5.91 Å². The maximum atomic E-state index is 12.4. The fourth-order valence-corrected chi connectivity index (χ4v) is 3.14. The van der Waals surface area contributed by atoms with E-state index in [1.54, 1.807) is 26.0 Å². The first-order valence-corrected chi connectivity index (χ1v) is 10.0. The van der Waals surface area contributed by atoms with Crippen LogP contribution in [0, 0.1) is 13.8 Å². The number of hydrogen-bond acceptors (Lipinski definition) is 5. The summed E-state index contributed by atoms with van der Waals surface area (Å²) in [5.74, 6) is -0.689. The minimum atomic E-state index is -0.430. The quantitative estimate of drug-likeness (QED) is 0.458. The number of ether oxygens (including phenoxy) is 1. The largest absolute Gasteiger partial charge is 0.462 e. The lowest BCUT2D eigenvalue weighted by Gasteiger charge is -2.08. The molecule has 0 unspecified atom stereocenters. The van der Waals surface area contributed by atoms with Crippen LogP contribution in [-0.2, 0) is 11.2 Å². The maximum absolute atomic E-state index is 12.4. The van der Waals surface area contributed by atoms with E-state index in [4.69, 9.17) is 4.74 Å². The number of pyridine rings is 1. The predicted octanol–water partition coefficient (Wildman–Crippen LogP) is 3.42. The van der Waals surface area contributed by atoms with E-state index in [0.717, 1.165) is 29.8 Å². The van der Waals surface area contributed by atoms with Crippen LogP contribution in [0.2, 0.25) is 0 Å². The second kappa shape index (κ2) is 9.82. The summed E-state index contributed by atoms with van der Waals surface area (Å²) in [7, 11) is 0. The van der Waals surface area contributed by atoms with Crippen molar-refractivity contribution in [3.8, 4) is 5.69 Å². The third-order valence-electron chi connectivity index (χ3n) is 4.74. The van der Waals surface area contributed by atoms with Crippen LogP contribution < -0.4 is 5.32 Å². The van der Waals surface area contributed by atoms with E-state index >= 15 is 0 Å². The molecule has 0 aliphatic carbocycles. The topological polar surface area (TPSA) is 86.1 Å². The highest BCUT2D eigenvalue weighted by molar-refractivity contribution is 5.95. The van der Waals surface area contributed by atoms with Gasteiger partial charge in [-0.3, -0.25) is 4.79 Å². The molecule has 0 aliphatic rings. The second-order valence-corrected chi connectivity index (χ2v) is 6.93. The summed E-state index contributed by atoms with van der Waals surface area (Å²) in [5.41, 5.74) is 4.30. The van der Waals surface area contributed by atoms with Crippen molar-refractivity contribution in [2.24, 2.45) is 0 Å². The first-order valence-electron chi connectivity index (χ1n) is 10.0. The Hall–Kier alpha value is -3.48. The van der Waals surface area contributed by atoms with Crippen molar-refractivity contribution in [3.05, 3.63) is 76.9 Å². The molecular formula is C23H26N4O3. The van der Waals surface area contributed by atoms with Crippen LogP contribution in [0.15, 0.2) is 48.7 Å². The fraction of sp³-hybridized carbons (Fsp3) is 0.304. The van der Waals surface area contributed by atoms with Gasteiger partial charge in [0.2, 0.25) is 0 Å². The fourth-order valence-electron chi connectivity index (χ4n) is 3.14. The molecule has 0 bridgehead atoms. The van der Waals surface area contributed by atoms with Crippen LogP contribution in [0.25, 0.3) is 5.69 Å². The summed E-state index contributed by atoms with van der Waals surface area (Å²) in [6.45, 7) is 6.25. The third kappa shape index (κ3) is 5.11. The predicted molar refractivity (Wildman–Crippen MR) is 114 cm³/mol. The number of amides is 1. The summed E-state index contributed by atoms with van der Waals surface area (Å²) in [4.78, 5) is 28.4. The number of hydrogen-bond donors (Lipinski definition) is 1. The minimum Gasteiger partial charge on any atom is -0.462 e. The second-order valence-electron chi connectivity index (χ2n) is 6.93. The Morgan fingerprint density at radius 2 is 1.83 bits per heavy atom. The number of carbonyl (C=O) groups is 2. The molecule has 2 aromatic heterocycles. The van der Waals surface area contributed by atoms with Crippen LogP contribution in [0.3, 0.4) is 0 Å². The molecule has 1 amide bonds. The van der Waals surface area contributed by atoms with Gasteiger partial charge < -0.3 is 10.1 Å². The Balaban J connectivity index is 1.52. The van der Waals surface area contributed by atoms with E-state index in [9.17, 15) is 9.59 Å². The lowest BCUT2D eigenvalue weighted by atomic mass is 10.1. The highest BCUT2D eigenvalue weighted by Crippen LogP contribution is 2.13. The first-order chi connectivity index (χ1) is 14.5. The summed E-state index contributed by atoms with van der Waals surface area (Å²) >= 11 is 0. The van der Waals surface area contributed by atoms with Gasteiger partial charge in [-0.05, 0) is 63.4 Å². The molecule has 0 spiro atoms. The van der Waals surface area contributed by atoms with E-state index in [2.05, 4.69) is 15.4 Å². The first kappa shape index (κ1) is 21.2. The van der Waals surface area contributed by atoms with Crippen molar-refractivity contribution < 1.29 is 14.3 Å². The SMILES string of the molecule is CCOC(=O)c1ccc(C(=O)NCCCc2cn(-c3ccccc3)nc2C)nc1C. The van der Waals surface area contributed by atoms with Crippen LogP contribution in [0.5, 0.6) is 0 Å². The number of para-hydroxylation sites is 1. The zero-order chi connectivity index (χ0) is 21.5. The summed E-state index contributed by atoms with van der Waals surface area (Å²) in [6.07, 6.45) is 3.63. The van der Waals surface area contributed by atoms with Crippen LogP contribution in [0.4, 0.5) is 0 Å². The number of nitrogens with one attached hydrogen (secondary N) is 1. The summed E-state index contributed by atoms with van der Waals surface area (Å²) < 4.78 is 6.86. The molecule has 30 heavy (non-hydrogen) atoms. The molecule has 3 aromatic rings. The molecule has 156 valence electrons. The van der Waals surface area contributed by atoms with Gasteiger partial charge in [-0.1, -0.05) is 18.2 Å². The van der Waals surface area contributed by atoms with Crippen molar-refractivity contribution in [1.82, 2.24) is 20.1 Å². The number of esters is 1. The monoisotopic (exact) mass is 406 g/mol. The van der Waals surface area contributed by atoms with Gasteiger partial charge in [0.05, 0.1) is 29.2 Å². The zero-order valence-corrected chi connectivity index (χ0v) is 17.5. The lowest BCUT2D eigenvalue weighted by Crippen LogP contribution is -2.26. The zero-order valence-electron chi connectivity index (χ0n) is 17.5. The van der Waals surface area contributed by atoms with E-state index in [0.29, 0.717) is 24.4 Å². The number of rotatable bonds is 8. The molecule has 1 N–H and O–H groups in total. The highest BCUT2D eigenvalue weighted by Gasteiger charge is 2.14. The van der Waals surface area contributed by atoms with Crippen LogP contribution in [-0.4, -0.2) is 39.8 Å². The molecule has 7 heteroatoms. The molecule has 0 atom stereocenters. The van der Waals surface area contributed by atoms with Gasteiger partial charge >= 0.3 is 5.97 Å². The average molecular weight is 406 g/mol. The van der Waals surface area contributed by atoms with Gasteiger partial charge in [-0.25, -0.2) is 14.5 Å². The van der Waals surface area contributed by atoms with Gasteiger partial charge in [0, 0.05) is 12.7 Å². The van der Waals surface area contributed by atoms with E-state index in [1.165, 1.54) is 0 Å². The number of nitrogens with zero attached hydrogens (tertiary/aromatic N) is 3. The van der Waals surface area contributed by atoms with Gasteiger partial charge in [0.1, 0.15) is 5.69 Å². The van der Waals surface area contributed by atoms with Gasteiger partial charge in [0.15, 0.2) is 0 Å². The van der Waals surface area contributed by atoms with Crippen LogP contribution in [0.1, 0.15) is 51.1 Å². The normalized spacial score (nSPS) is 10.6. The Bertz CT molecular complexity index is 1030. The van der Waals surface area contributed by atoms with Crippen molar-refractivity contribution in [2.75, 3.05) is 13.2 Å². The molecule has 3 rings (SSSR count).